The first-order valence-corrected chi connectivity index (χ1v) is 8.95. The van der Waals surface area contributed by atoms with Gasteiger partial charge >= 0.3 is 0 Å². The quantitative estimate of drug-likeness (QED) is 0.689. The lowest BCUT2D eigenvalue weighted by Gasteiger charge is -2.27. The van der Waals surface area contributed by atoms with Crippen LogP contribution in [0.1, 0.15) is 30.2 Å². The maximum Gasteiger partial charge on any atom is 0.243 e. The van der Waals surface area contributed by atoms with Crippen molar-refractivity contribution in [3.8, 4) is 0 Å². The van der Waals surface area contributed by atoms with Crippen LogP contribution in [0.15, 0.2) is 48.0 Å². The van der Waals surface area contributed by atoms with Crippen molar-refractivity contribution in [3.63, 3.8) is 0 Å². The van der Waals surface area contributed by atoms with E-state index in [4.69, 9.17) is 11.6 Å². The first-order chi connectivity index (χ1) is 13.1. The summed E-state index contributed by atoms with van der Waals surface area (Å²) in [6, 6.07) is 7.22. The Morgan fingerprint density at radius 2 is 2.19 bits per heavy atom. The molecule has 0 saturated carbocycles. The predicted octanol–water partition coefficient (Wildman–Crippen LogP) is 3.62. The highest BCUT2D eigenvalue weighted by atomic mass is 35.5. The maximum atomic E-state index is 13.7. The Morgan fingerprint density at radius 3 is 2.93 bits per heavy atom. The lowest BCUT2D eigenvalue weighted by atomic mass is 9.92. The number of hydrazone groups is 1. The van der Waals surface area contributed by atoms with Gasteiger partial charge in [0, 0.05) is 36.5 Å². The van der Waals surface area contributed by atoms with E-state index < -0.39 is 6.67 Å². The van der Waals surface area contributed by atoms with Crippen molar-refractivity contribution in [1.29, 1.82) is 0 Å². The van der Waals surface area contributed by atoms with E-state index in [1.165, 1.54) is 5.01 Å². The fourth-order valence-corrected chi connectivity index (χ4v) is 3.43. The van der Waals surface area contributed by atoms with Gasteiger partial charge in [0.25, 0.3) is 0 Å². The van der Waals surface area contributed by atoms with Crippen LogP contribution in [0.4, 0.5) is 4.39 Å². The lowest BCUT2D eigenvalue weighted by Crippen LogP contribution is -2.36. The van der Waals surface area contributed by atoms with E-state index in [1.807, 2.05) is 19.1 Å². The third kappa shape index (κ3) is 3.30. The van der Waals surface area contributed by atoms with Crippen LogP contribution in [0.5, 0.6) is 0 Å². The lowest BCUT2D eigenvalue weighted by molar-refractivity contribution is -0.133. The zero-order chi connectivity index (χ0) is 19.0. The van der Waals surface area contributed by atoms with Crippen LogP contribution >= 0.6 is 11.6 Å². The first-order valence-electron chi connectivity index (χ1n) is 8.57. The van der Waals surface area contributed by atoms with Crippen molar-refractivity contribution in [3.05, 3.63) is 64.7 Å². The van der Waals surface area contributed by atoms with Gasteiger partial charge in [0.2, 0.25) is 5.91 Å². The van der Waals surface area contributed by atoms with E-state index in [9.17, 15) is 9.18 Å². The van der Waals surface area contributed by atoms with Crippen LogP contribution in [-0.2, 0) is 18.0 Å². The molecule has 1 aliphatic rings. The van der Waals surface area contributed by atoms with Crippen LogP contribution in [0, 0.1) is 5.92 Å². The number of pyridine rings is 2. The molecule has 1 unspecified atom stereocenters. The van der Waals surface area contributed by atoms with Crippen LogP contribution in [0.3, 0.4) is 0 Å². The smallest absolute Gasteiger partial charge is 0.243 e. The molecule has 27 heavy (non-hydrogen) atoms. The number of rotatable bonds is 4. The molecule has 4 heterocycles. The minimum absolute atomic E-state index is 0.0728. The Balaban J connectivity index is 1.80. The molecule has 0 radical (unpaired) electrons. The summed E-state index contributed by atoms with van der Waals surface area (Å²) >= 11 is 6.03. The summed E-state index contributed by atoms with van der Waals surface area (Å²) < 4.78 is 15.2. The van der Waals surface area contributed by atoms with E-state index in [2.05, 4.69) is 15.2 Å². The van der Waals surface area contributed by atoms with Crippen LogP contribution in [0.25, 0.3) is 5.52 Å². The van der Waals surface area contributed by atoms with E-state index in [0.717, 1.165) is 5.56 Å². The molecule has 138 valence electrons. The molecule has 0 saturated heterocycles. The summed E-state index contributed by atoms with van der Waals surface area (Å²) in [5, 5.41) is 10.8. The molecule has 1 atom stereocenters. The summed E-state index contributed by atoms with van der Waals surface area (Å²) in [6.45, 7) is 1.51. The highest BCUT2D eigenvalue weighted by Crippen LogP contribution is 2.28. The molecular weight excluding hydrogens is 369 g/mol. The molecule has 1 aliphatic heterocycles. The van der Waals surface area contributed by atoms with Crippen LogP contribution in [-0.4, -0.2) is 31.2 Å². The van der Waals surface area contributed by atoms with Crippen molar-refractivity contribution in [2.24, 2.45) is 11.0 Å². The molecule has 0 bridgehead atoms. The number of aromatic nitrogens is 3. The Bertz CT molecular complexity index is 1030. The second-order valence-corrected chi connectivity index (χ2v) is 6.97. The van der Waals surface area contributed by atoms with Gasteiger partial charge in [-0.3, -0.25) is 9.78 Å². The van der Waals surface area contributed by atoms with Gasteiger partial charge < -0.3 is 0 Å². The van der Waals surface area contributed by atoms with Crippen LogP contribution in [0.2, 0.25) is 5.02 Å². The number of nitrogens with zero attached hydrogens (tertiary/aromatic N) is 5. The number of halogens is 2. The fraction of sp³-hybridized carbons (Fsp3) is 0.263. The fourth-order valence-electron chi connectivity index (χ4n) is 3.28. The van der Waals surface area contributed by atoms with Gasteiger partial charge in [-0.25, -0.2) is 13.9 Å². The first kappa shape index (κ1) is 17.6. The second kappa shape index (κ2) is 7.08. The molecule has 4 rings (SSSR count). The van der Waals surface area contributed by atoms with Crippen molar-refractivity contribution < 1.29 is 9.18 Å². The van der Waals surface area contributed by atoms with Gasteiger partial charge in [-0.2, -0.15) is 10.2 Å². The SMILES string of the molecule is CC1CC(=O)N(Cc2cccnc2)N=C1c1c(CF)nn2cc(Cl)ccc12. The molecule has 6 nitrogen and oxygen atoms in total. The van der Waals surface area contributed by atoms with E-state index in [0.29, 0.717) is 40.5 Å². The number of alkyl halides is 1. The monoisotopic (exact) mass is 385 g/mol. The average Bonchev–Trinajstić information content (AvgIpc) is 3.02. The summed E-state index contributed by atoms with van der Waals surface area (Å²) in [7, 11) is 0. The summed E-state index contributed by atoms with van der Waals surface area (Å²) in [6.07, 6.45) is 5.31. The zero-order valence-electron chi connectivity index (χ0n) is 14.6. The third-order valence-electron chi connectivity index (χ3n) is 4.57. The summed E-state index contributed by atoms with van der Waals surface area (Å²) in [5.41, 5.74) is 3.17. The van der Waals surface area contributed by atoms with Crippen molar-refractivity contribution in [2.45, 2.75) is 26.6 Å². The molecule has 0 aromatic carbocycles. The van der Waals surface area contributed by atoms with Gasteiger partial charge in [-0.1, -0.05) is 24.6 Å². The Labute approximate surface area is 160 Å². The summed E-state index contributed by atoms with van der Waals surface area (Å²) in [4.78, 5) is 16.5. The normalized spacial score (nSPS) is 17.4. The number of hydrogen-bond acceptors (Lipinski definition) is 4. The van der Waals surface area contributed by atoms with Crippen LogP contribution < -0.4 is 0 Å². The van der Waals surface area contributed by atoms with Gasteiger partial charge in [0.15, 0.2) is 0 Å². The Morgan fingerprint density at radius 1 is 1.33 bits per heavy atom. The van der Waals surface area contributed by atoms with Gasteiger partial charge in [-0.05, 0) is 23.8 Å². The minimum atomic E-state index is -0.725. The molecule has 8 heteroatoms. The van der Waals surface area contributed by atoms with Crippen molar-refractivity contribution in [1.82, 2.24) is 19.6 Å². The standard InChI is InChI=1S/C19H17ClFN5O/c1-12-7-17(27)26(10-13-3-2-6-22-9-13)24-19(12)18-15(8-21)23-25-11-14(20)4-5-16(18)25/h2-6,9,11-12H,7-8,10H2,1H3. The van der Waals surface area contributed by atoms with Gasteiger partial charge in [-0.15, -0.1) is 0 Å². The van der Waals surface area contributed by atoms with Gasteiger partial charge in [0.05, 0.1) is 22.8 Å². The number of amides is 1. The van der Waals surface area contributed by atoms with Gasteiger partial charge in [0.1, 0.15) is 12.4 Å². The predicted molar refractivity (Wildman–Crippen MR) is 100 cm³/mol. The summed E-state index contributed by atoms with van der Waals surface area (Å²) in [5.74, 6) is -0.215. The highest BCUT2D eigenvalue weighted by molar-refractivity contribution is 6.30. The third-order valence-corrected chi connectivity index (χ3v) is 4.79. The van der Waals surface area contributed by atoms with Crippen molar-refractivity contribution >= 4 is 28.7 Å². The molecule has 3 aromatic rings. The number of carbonyl (C=O) groups is 1. The van der Waals surface area contributed by atoms with E-state index in [1.54, 1.807) is 35.2 Å². The van der Waals surface area contributed by atoms with E-state index in [-0.39, 0.29) is 11.8 Å². The Kier molecular flexibility index (Phi) is 4.61. The highest BCUT2D eigenvalue weighted by Gasteiger charge is 2.31. The molecule has 1 amide bonds. The average molecular weight is 386 g/mol. The number of fused-ring (bicyclic) bond motifs is 1. The zero-order valence-corrected chi connectivity index (χ0v) is 15.4. The largest absolute Gasteiger partial charge is 0.273 e. The molecule has 0 aliphatic carbocycles. The molecular formula is C19H17ClFN5O. The van der Waals surface area contributed by atoms with E-state index >= 15 is 0 Å². The Hall–Kier alpha value is -2.80. The maximum absolute atomic E-state index is 13.7. The second-order valence-electron chi connectivity index (χ2n) is 6.54. The molecule has 0 fully saturated rings. The number of hydrogen-bond donors (Lipinski definition) is 0. The number of carbonyl (C=O) groups excluding carboxylic acids is 1. The minimum Gasteiger partial charge on any atom is -0.273 e. The topological polar surface area (TPSA) is 62.9 Å². The molecule has 0 spiro atoms. The molecule has 3 aromatic heterocycles. The van der Waals surface area contributed by atoms with Crippen molar-refractivity contribution in [2.75, 3.05) is 0 Å². The molecule has 0 N–H and O–H groups in total.